The molecule has 0 saturated heterocycles. The second-order valence-corrected chi connectivity index (χ2v) is 7.71. The fraction of sp³-hybridized carbons (Fsp3) is 0.143. The highest BCUT2D eigenvalue weighted by Crippen LogP contribution is 2.37. The van der Waals surface area contributed by atoms with Crippen LogP contribution in [-0.2, 0) is 16.1 Å². The Labute approximate surface area is 203 Å². The second-order valence-electron chi connectivity index (χ2n) is 7.71. The van der Waals surface area contributed by atoms with E-state index >= 15 is 0 Å². The number of methoxy groups -OCH3 is 2. The van der Waals surface area contributed by atoms with E-state index in [1.807, 2.05) is 36.4 Å². The minimum Gasteiger partial charge on any atom is -0.496 e. The van der Waals surface area contributed by atoms with Gasteiger partial charge in [0.15, 0.2) is 11.5 Å². The van der Waals surface area contributed by atoms with Gasteiger partial charge in [0.2, 0.25) is 0 Å². The predicted molar refractivity (Wildman–Crippen MR) is 135 cm³/mol. The Morgan fingerprint density at radius 2 is 1.63 bits per heavy atom. The highest BCUT2D eigenvalue weighted by Gasteiger charge is 2.12. The number of nitrogens with one attached hydrogen (secondary N) is 1. The number of carbonyl (C=O) groups excluding carboxylic acids is 1. The van der Waals surface area contributed by atoms with Crippen molar-refractivity contribution in [2.75, 3.05) is 19.5 Å². The molecule has 1 N–H and O–H groups in total. The number of fused-ring (bicyclic) bond motifs is 1. The molecule has 1 heterocycles. The minimum atomic E-state index is -0.243. The van der Waals surface area contributed by atoms with E-state index in [1.54, 1.807) is 63.7 Å². The number of anilines is 1. The fourth-order valence-corrected chi connectivity index (χ4v) is 3.39. The van der Waals surface area contributed by atoms with Crippen LogP contribution in [0, 0.1) is 0 Å². The van der Waals surface area contributed by atoms with E-state index in [1.165, 1.54) is 6.26 Å². The van der Waals surface area contributed by atoms with Gasteiger partial charge in [-0.2, -0.15) is 0 Å². The Morgan fingerprint density at radius 3 is 2.34 bits per heavy atom. The third-order valence-electron chi connectivity index (χ3n) is 5.26. The first kappa shape index (κ1) is 23.6. The number of hydrogen-bond acceptors (Lipinski definition) is 6. The lowest BCUT2D eigenvalue weighted by atomic mass is 10.2. The molecule has 4 rings (SSSR count). The van der Waals surface area contributed by atoms with E-state index in [-0.39, 0.29) is 5.91 Å². The van der Waals surface area contributed by atoms with Crippen LogP contribution < -0.4 is 19.5 Å². The van der Waals surface area contributed by atoms with Gasteiger partial charge in [0.25, 0.3) is 5.91 Å². The molecule has 0 aliphatic heterocycles. The summed E-state index contributed by atoms with van der Waals surface area (Å²) in [5.41, 5.74) is 2.87. The molecule has 0 saturated carbocycles. The zero-order valence-electron chi connectivity index (χ0n) is 19.8. The first-order chi connectivity index (χ1) is 17.1. The number of ether oxygens (including phenoxy) is 4. The first-order valence-corrected chi connectivity index (χ1v) is 11.0. The summed E-state index contributed by atoms with van der Waals surface area (Å²) in [5.74, 6) is 2.19. The van der Waals surface area contributed by atoms with Gasteiger partial charge in [0, 0.05) is 28.9 Å². The van der Waals surface area contributed by atoms with Crippen LogP contribution in [0.4, 0.5) is 5.69 Å². The molecule has 3 aromatic carbocycles. The average Bonchev–Trinajstić information content (AvgIpc) is 2.89. The summed E-state index contributed by atoms with van der Waals surface area (Å²) in [5, 5.41) is 3.65. The summed E-state index contributed by atoms with van der Waals surface area (Å²) in [4.78, 5) is 16.9. The van der Waals surface area contributed by atoms with Crippen LogP contribution >= 0.6 is 0 Å². The van der Waals surface area contributed by atoms with Gasteiger partial charge in [-0.1, -0.05) is 30.3 Å². The molecule has 1 amide bonds. The van der Waals surface area contributed by atoms with Crippen molar-refractivity contribution in [2.45, 2.75) is 13.5 Å². The van der Waals surface area contributed by atoms with Gasteiger partial charge in [-0.15, -0.1) is 0 Å². The van der Waals surface area contributed by atoms with Gasteiger partial charge >= 0.3 is 0 Å². The molecule has 0 atom stereocenters. The van der Waals surface area contributed by atoms with Gasteiger partial charge in [-0.05, 0) is 48.9 Å². The SMILES string of the molecule is COc1cc2nccc(Oc3ccc(NC(=O)C(C)=COCc4ccccc4)cc3)c2cc1OC. The van der Waals surface area contributed by atoms with E-state index in [4.69, 9.17) is 18.9 Å². The summed E-state index contributed by atoms with van der Waals surface area (Å²) in [6.07, 6.45) is 3.14. The quantitative estimate of drug-likeness (QED) is 0.235. The largest absolute Gasteiger partial charge is 0.496 e. The van der Waals surface area contributed by atoms with Crippen molar-refractivity contribution in [3.05, 3.63) is 96.4 Å². The molecule has 0 aliphatic rings. The monoisotopic (exact) mass is 470 g/mol. The molecule has 7 nitrogen and oxygen atoms in total. The zero-order valence-corrected chi connectivity index (χ0v) is 19.8. The molecule has 0 spiro atoms. The summed E-state index contributed by atoms with van der Waals surface area (Å²) < 4.78 is 22.4. The number of aromatic nitrogens is 1. The molecule has 0 bridgehead atoms. The summed E-state index contributed by atoms with van der Waals surface area (Å²) in [6.45, 7) is 2.11. The Bertz CT molecular complexity index is 1340. The van der Waals surface area contributed by atoms with E-state index in [2.05, 4.69) is 10.3 Å². The third kappa shape index (κ3) is 5.89. The van der Waals surface area contributed by atoms with Crippen molar-refractivity contribution in [3.8, 4) is 23.0 Å². The van der Waals surface area contributed by atoms with Gasteiger partial charge < -0.3 is 24.3 Å². The Morgan fingerprint density at radius 1 is 0.914 bits per heavy atom. The third-order valence-corrected chi connectivity index (χ3v) is 5.26. The van der Waals surface area contributed by atoms with Gasteiger partial charge in [-0.25, -0.2) is 0 Å². The molecule has 0 radical (unpaired) electrons. The minimum absolute atomic E-state index is 0.243. The highest BCUT2D eigenvalue weighted by atomic mass is 16.5. The molecule has 7 heteroatoms. The normalized spacial score (nSPS) is 11.1. The number of pyridine rings is 1. The molecular weight excluding hydrogens is 444 g/mol. The molecule has 1 aromatic heterocycles. The molecule has 0 unspecified atom stereocenters. The van der Waals surface area contributed by atoms with Gasteiger partial charge in [-0.3, -0.25) is 9.78 Å². The van der Waals surface area contributed by atoms with Crippen LogP contribution in [0.2, 0.25) is 0 Å². The maximum absolute atomic E-state index is 12.5. The Balaban J connectivity index is 1.40. The van der Waals surface area contributed by atoms with Crippen LogP contribution in [0.5, 0.6) is 23.0 Å². The van der Waals surface area contributed by atoms with Crippen LogP contribution in [0.1, 0.15) is 12.5 Å². The molecule has 4 aromatic rings. The molecular formula is C28H26N2O5. The van der Waals surface area contributed by atoms with Crippen molar-refractivity contribution in [1.29, 1.82) is 0 Å². The van der Waals surface area contributed by atoms with Crippen LogP contribution in [-0.4, -0.2) is 25.1 Å². The smallest absolute Gasteiger partial charge is 0.254 e. The first-order valence-electron chi connectivity index (χ1n) is 11.0. The van der Waals surface area contributed by atoms with E-state index < -0.39 is 0 Å². The zero-order chi connectivity index (χ0) is 24.6. The molecule has 0 aliphatic carbocycles. The van der Waals surface area contributed by atoms with E-state index in [9.17, 15) is 4.79 Å². The topological polar surface area (TPSA) is 78.9 Å². The van der Waals surface area contributed by atoms with Gasteiger partial charge in [0.1, 0.15) is 18.1 Å². The van der Waals surface area contributed by atoms with E-state index in [0.29, 0.717) is 40.9 Å². The van der Waals surface area contributed by atoms with Crippen LogP contribution in [0.3, 0.4) is 0 Å². The number of carbonyl (C=O) groups is 1. The molecule has 178 valence electrons. The number of benzene rings is 3. The maximum atomic E-state index is 12.5. The van der Waals surface area contributed by atoms with E-state index in [0.717, 1.165) is 16.5 Å². The average molecular weight is 471 g/mol. The van der Waals surface area contributed by atoms with Crippen LogP contribution in [0.25, 0.3) is 10.9 Å². The lowest BCUT2D eigenvalue weighted by molar-refractivity contribution is -0.113. The molecule has 35 heavy (non-hydrogen) atoms. The standard InChI is InChI=1S/C28H26N2O5/c1-19(17-34-18-20-7-5-4-6-8-20)28(31)30-21-9-11-22(12-10-21)35-25-13-14-29-24-16-27(33-3)26(32-2)15-23(24)25/h4-17H,18H2,1-3H3,(H,30,31). The number of rotatable bonds is 9. The fourth-order valence-electron chi connectivity index (χ4n) is 3.39. The van der Waals surface area contributed by atoms with Crippen molar-refractivity contribution < 1.29 is 23.7 Å². The number of nitrogens with zero attached hydrogens (tertiary/aromatic N) is 1. The Hall–Kier alpha value is -4.52. The van der Waals surface area contributed by atoms with Crippen molar-refractivity contribution in [1.82, 2.24) is 4.98 Å². The lowest BCUT2D eigenvalue weighted by Gasteiger charge is -2.13. The lowest BCUT2D eigenvalue weighted by Crippen LogP contribution is -2.12. The second kappa shape index (κ2) is 11.1. The van der Waals surface area contributed by atoms with Crippen molar-refractivity contribution in [3.63, 3.8) is 0 Å². The molecule has 0 fully saturated rings. The summed E-state index contributed by atoms with van der Waals surface area (Å²) >= 11 is 0. The highest BCUT2D eigenvalue weighted by molar-refractivity contribution is 6.03. The summed E-state index contributed by atoms with van der Waals surface area (Å²) in [6, 6.07) is 22.3. The number of hydrogen-bond donors (Lipinski definition) is 1. The maximum Gasteiger partial charge on any atom is 0.254 e. The number of amides is 1. The van der Waals surface area contributed by atoms with Crippen LogP contribution in [0.15, 0.2) is 90.8 Å². The van der Waals surface area contributed by atoms with Gasteiger partial charge in [0.05, 0.1) is 26.0 Å². The predicted octanol–water partition coefficient (Wildman–Crippen LogP) is 6.10. The van der Waals surface area contributed by atoms with Crippen molar-refractivity contribution >= 4 is 22.5 Å². The summed E-state index contributed by atoms with van der Waals surface area (Å²) in [7, 11) is 3.17. The Kier molecular flexibility index (Phi) is 7.47. The van der Waals surface area contributed by atoms with Crippen molar-refractivity contribution in [2.24, 2.45) is 0 Å².